The van der Waals surface area contributed by atoms with E-state index in [-0.39, 0.29) is 29.9 Å². The molecule has 2 aliphatic heterocycles. The number of nitrogens with zero attached hydrogens (tertiary/aromatic N) is 5. The molecule has 0 radical (unpaired) electrons. The van der Waals surface area contributed by atoms with Gasteiger partial charge >= 0.3 is 0 Å². The summed E-state index contributed by atoms with van der Waals surface area (Å²) >= 11 is 0. The third-order valence-corrected chi connectivity index (χ3v) is 7.83. The molecule has 0 N–H and O–H groups in total. The van der Waals surface area contributed by atoms with Crippen LogP contribution >= 0.6 is 0 Å². The fourth-order valence-corrected chi connectivity index (χ4v) is 6.24. The van der Waals surface area contributed by atoms with Gasteiger partial charge in [0.05, 0.1) is 40.7 Å². The molecule has 152 valence electrons. The molecule has 3 aromatic rings. The number of fused-ring (bicyclic) bond motifs is 3. The standard InChI is InChI=1S/C20H23N5O3S/c1-13-16(14(2)25(22-13)15-7-10-29(27,28)12-15)11-19(26)24-9-8-23-18-6-4-3-5-17(18)21-20(23)24/h3-6,15H,7-12H2,1-2H3. The highest BCUT2D eigenvalue weighted by atomic mass is 32.2. The Morgan fingerprint density at radius 1 is 1.21 bits per heavy atom. The molecule has 1 aromatic carbocycles. The van der Waals surface area contributed by atoms with Gasteiger partial charge in [-0.05, 0) is 32.4 Å². The summed E-state index contributed by atoms with van der Waals surface area (Å²) in [7, 11) is -2.99. The Labute approximate surface area is 169 Å². The number of anilines is 1. The van der Waals surface area contributed by atoms with Crippen LogP contribution in [0.2, 0.25) is 0 Å². The molecule has 2 aliphatic rings. The van der Waals surface area contributed by atoms with E-state index in [1.807, 2.05) is 42.8 Å². The minimum absolute atomic E-state index is 0.0103. The number of amides is 1. The normalized spacial score (nSPS) is 20.5. The summed E-state index contributed by atoms with van der Waals surface area (Å²) < 4.78 is 27.6. The molecule has 9 heteroatoms. The van der Waals surface area contributed by atoms with E-state index in [1.54, 1.807) is 4.90 Å². The average Bonchev–Trinajstić information content (AvgIpc) is 3.40. The summed E-state index contributed by atoms with van der Waals surface area (Å²) in [6.07, 6.45) is 0.814. The predicted molar refractivity (Wildman–Crippen MR) is 110 cm³/mol. The smallest absolute Gasteiger partial charge is 0.233 e. The maximum atomic E-state index is 13.1. The number of hydrogen-bond acceptors (Lipinski definition) is 5. The molecular formula is C20H23N5O3S. The molecule has 0 saturated carbocycles. The maximum absolute atomic E-state index is 13.1. The van der Waals surface area contributed by atoms with Gasteiger partial charge < -0.3 is 4.57 Å². The lowest BCUT2D eigenvalue weighted by Gasteiger charge is -2.15. The molecule has 0 aliphatic carbocycles. The number of aryl methyl sites for hydroxylation is 1. The molecule has 1 atom stereocenters. The zero-order valence-corrected chi connectivity index (χ0v) is 17.3. The van der Waals surface area contributed by atoms with Gasteiger partial charge in [-0.25, -0.2) is 13.4 Å². The number of rotatable bonds is 3. The van der Waals surface area contributed by atoms with Gasteiger partial charge in [-0.1, -0.05) is 12.1 Å². The predicted octanol–water partition coefficient (Wildman–Crippen LogP) is 1.80. The minimum Gasteiger partial charge on any atom is -0.308 e. The van der Waals surface area contributed by atoms with Gasteiger partial charge in [0.1, 0.15) is 0 Å². The lowest BCUT2D eigenvalue weighted by atomic mass is 10.1. The van der Waals surface area contributed by atoms with E-state index in [0.717, 1.165) is 34.5 Å². The Morgan fingerprint density at radius 3 is 2.76 bits per heavy atom. The zero-order chi connectivity index (χ0) is 20.3. The van der Waals surface area contributed by atoms with Crippen LogP contribution in [0.1, 0.15) is 29.4 Å². The van der Waals surface area contributed by atoms with Crippen molar-refractivity contribution in [1.29, 1.82) is 0 Å². The number of benzene rings is 1. The zero-order valence-electron chi connectivity index (χ0n) is 16.5. The summed E-state index contributed by atoms with van der Waals surface area (Å²) in [6, 6.07) is 7.76. The van der Waals surface area contributed by atoms with Crippen molar-refractivity contribution in [2.24, 2.45) is 0 Å². The average molecular weight is 414 g/mol. The van der Waals surface area contributed by atoms with Crippen LogP contribution in [0.3, 0.4) is 0 Å². The van der Waals surface area contributed by atoms with Gasteiger partial charge in [0.2, 0.25) is 11.9 Å². The topological polar surface area (TPSA) is 90.1 Å². The summed E-state index contributed by atoms with van der Waals surface area (Å²) in [5.41, 5.74) is 4.48. The first-order chi connectivity index (χ1) is 13.8. The van der Waals surface area contributed by atoms with E-state index in [2.05, 4.69) is 14.6 Å². The third-order valence-electron chi connectivity index (χ3n) is 6.08. The molecule has 1 saturated heterocycles. The fourth-order valence-electron chi connectivity index (χ4n) is 4.55. The van der Waals surface area contributed by atoms with Crippen molar-refractivity contribution < 1.29 is 13.2 Å². The largest absolute Gasteiger partial charge is 0.308 e. The lowest BCUT2D eigenvalue weighted by Crippen LogP contribution is -2.31. The number of carbonyl (C=O) groups excluding carboxylic acids is 1. The van der Waals surface area contributed by atoms with E-state index in [9.17, 15) is 13.2 Å². The first-order valence-electron chi connectivity index (χ1n) is 9.85. The summed E-state index contributed by atoms with van der Waals surface area (Å²) in [5, 5.41) is 4.58. The molecule has 1 amide bonds. The Balaban J connectivity index is 1.41. The fraction of sp³-hybridized carbons (Fsp3) is 0.450. The highest BCUT2D eigenvalue weighted by Crippen LogP contribution is 2.30. The van der Waals surface area contributed by atoms with Crippen molar-refractivity contribution in [1.82, 2.24) is 19.3 Å². The van der Waals surface area contributed by atoms with Crippen molar-refractivity contribution in [3.05, 3.63) is 41.2 Å². The number of carbonyl (C=O) groups is 1. The highest BCUT2D eigenvalue weighted by molar-refractivity contribution is 7.91. The summed E-state index contributed by atoms with van der Waals surface area (Å²) in [4.78, 5) is 19.5. The molecule has 0 spiro atoms. The lowest BCUT2D eigenvalue weighted by molar-refractivity contribution is -0.117. The summed E-state index contributed by atoms with van der Waals surface area (Å²) in [5.74, 6) is 1.01. The van der Waals surface area contributed by atoms with Crippen molar-refractivity contribution >= 4 is 32.7 Å². The highest BCUT2D eigenvalue weighted by Gasteiger charge is 2.33. The minimum atomic E-state index is -2.99. The molecule has 8 nitrogen and oxygen atoms in total. The van der Waals surface area contributed by atoms with Crippen LogP contribution in [0, 0.1) is 13.8 Å². The van der Waals surface area contributed by atoms with Crippen molar-refractivity contribution in [3.8, 4) is 0 Å². The van der Waals surface area contributed by atoms with Crippen molar-refractivity contribution in [2.45, 2.75) is 39.3 Å². The van der Waals surface area contributed by atoms with Gasteiger partial charge in [-0.15, -0.1) is 0 Å². The van der Waals surface area contributed by atoms with E-state index < -0.39 is 9.84 Å². The first-order valence-corrected chi connectivity index (χ1v) is 11.7. The van der Waals surface area contributed by atoms with Gasteiger partial charge in [0.15, 0.2) is 9.84 Å². The second-order valence-corrected chi connectivity index (χ2v) is 10.2. The van der Waals surface area contributed by atoms with Gasteiger partial charge in [-0.2, -0.15) is 5.10 Å². The van der Waals surface area contributed by atoms with Crippen LogP contribution < -0.4 is 4.90 Å². The molecule has 4 heterocycles. The third kappa shape index (κ3) is 2.95. The summed E-state index contributed by atoms with van der Waals surface area (Å²) in [6.45, 7) is 5.15. The molecule has 2 aromatic heterocycles. The van der Waals surface area contributed by atoms with Gasteiger partial charge in [0.25, 0.3) is 0 Å². The van der Waals surface area contributed by atoms with Gasteiger partial charge in [-0.3, -0.25) is 14.4 Å². The molecule has 1 unspecified atom stereocenters. The van der Waals surface area contributed by atoms with Crippen molar-refractivity contribution in [2.75, 3.05) is 23.0 Å². The molecular weight excluding hydrogens is 390 g/mol. The van der Waals surface area contributed by atoms with Gasteiger partial charge in [0, 0.05) is 24.3 Å². The number of sulfone groups is 1. The van der Waals surface area contributed by atoms with Crippen LogP contribution in [-0.4, -0.2) is 51.7 Å². The SMILES string of the molecule is Cc1nn(C2CCS(=O)(=O)C2)c(C)c1CC(=O)N1CCn2c1nc1ccccc12. The van der Waals surface area contributed by atoms with E-state index in [1.165, 1.54) is 0 Å². The quantitative estimate of drug-likeness (QED) is 0.653. The Kier molecular flexibility index (Phi) is 4.06. The second-order valence-electron chi connectivity index (χ2n) is 7.93. The number of aromatic nitrogens is 4. The number of imidazole rings is 1. The van der Waals surface area contributed by atoms with Crippen LogP contribution in [-0.2, 0) is 27.6 Å². The Bertz CT molecular complexity index is 1240. The molecule has 29 heavy (non-hydrogen) atoms. The molecule has 0 bridgehead atoms. The Morgan fingerprint density at radius 2 is 2.00 bits per heavy atom. The number of hydrogen-bond donors (Lipinski definition) is 0. The number of para-hydroxylation sites is 2. The van der Waals surface area contributed by atoms with Crippen molar-refractivity contribution in [3.63, 3.8) is 0 Å². The second kappa shape index (κ2) is 6.41. The monoisotopic (exact) mass is 413 g/mol. The van der Waals surface area contributed by atoms with Crippen LogP contribution in [0.5, 0.6) is 0 Å². The Hall–Kier alpha value is -2.68. The van der Waals surface area contributed by atoms with E-state index in [0.29, 0.717) is 18.9 Å². The molecule has 1 fully saturated rings. The van der Waals surface area contributed by atoms with E-state index in [4.69, 9.17) is 0 Å². The van der Waals surface area contributed by atoms with Crippen LogP contribution in [0.25, 0.3) is 11.0 Å². The first kappa shape index (κ1) is 18.4. The van der Waals surface area contributed by atoms with Crippen LogP contribution in [0.15, 0.2) is 24.3 Å². The maximum Gasteiger partial charge on any atom is 0.233 e. The van der Waals surface area contributed by atoms with Crippen LogP contribution in [0.4, 0.5) is 5.95 Å². The van der Waals surface area contributed by atoms with E-state index >= 15 is 0 Å². The molecule has 5 rings (SSSR count).